The van der Waals surface area contributed by atoms with Crippen molar-refractivity contribution in [3.8, 4) is 11.3 Å². The molecular formula is C24H24F3N9O3. The van der Waals surface area contributed by atoms with Gasteiger partial charge in [0.15, 0.2) is 17.3 Å². The molecule has 0 saturated heterocycles. The second kappa shape index (κ2) is 10.9. The number of aryl methyl sites for hydroxylation is 2. The number of alkyl halides is 3. The topological polar surface area (TPSA) is 153 Å². The number of halogens is 3. The number of anilines is 2. The number of hydrogen-bond donors (Lipinski definition) is 3. The van der Waals surface area contributed by atoms with E-state index in [4.69, 9.17) is 4.52 Å². The van der Waals surface area contributed by atoms with E-state index in [-0.39, 0.29) is 35.3 Å². The average molecular weight is 544 g/mol. The van der Waals surface area contributed by atoms with Crippen LogP contribution >= 0.6 is 0 Å². The van der Waals surface area contributed by atoms with Crippen LogP contribution < -0.4 is 16.0 Å². The summed E-state index contributed by atoms with van der Waals surface area (Å²) < 4.78 is 45.6. The van der Waals surface area contributed by atoms with Crippen LogP contribution in [0.2, 0.25) is 0 Å². The van der Waals surface area contributed by atoms with E-state index in [1.807, 2.05) is 0 Å². The van der Waals surface area contributed by atoms with Crippen LogP contribution in [0.25, 0.3) is 11.3 Å². The van der Waals surface area contributed by atoms with Crippen molar-refractivity contribution < 1.29 is 27.3 Å². The Bertz CT molecular complexity index is 1510. The van der Waals surface area contributed by atoms with E-state index in [0.717, 1.165) is 6.20 Å². The number of nitrogens with one attached hydrogen (secondary N) is 3. The van der Waals surface area contributed by atoms with Crippen LogP contribution in [0.15, 0.2) is 41.3 Å². The van der Waals surface area contributed by atoms with Crippen molar-refractivity contribution in [1.29, 1.82) is 0 Å². The summed E-state index contributed by atoms with van der Waals surface area (Å²) in [6.07, 6.45) is -2.13. The van der Waals surface area contributed by atoms with E-state index in [9.17, 15) is 22.8 Å². The number of rotatable bonds is 8. The average Bonchev–Trinajstić information content (AvgIpc) is 3.52. The number of amides is 2. The number of imidazole rings is 1. The maximum absolute atomic E-state index is 13.1. The van der Waals surface area contributed by atoms with E-state index in [2.05, 4.69) is 41.0 Å². The van der Waals surface area contributed by atoms with Gasteiger partial charge in [-0.25, -0.2) is 9.97 Å². The van der Waals surface area contributed by atoms with Gasteiger partial charge in [-0.05, 0) is 44.5 Å². The first-order chi connectivity index (χ1) is 18.5. The lowest BCUT2D eigenvalue weighted by atomic mass is 10.1. The molecule has 4 rings (SSSR count). The molecule has 0 saturated carbocycles. The van der Waals surface area contributed by atoms with Gasteiger partial charge < -0.3 is 25.0 Å². The Hall–Kier alpha value is -4.82. The van der Waals surface area contributed by atoms with Crippen molar-refractivity contribution in [3.05, 3.63) is 65.5 Å². The molecule has 4 aromatic heterocycles. The predicted octanol–water partition coefficient (Wildman–Crippen LogP) is 3.53. The summed E-state index contributed by atoms with van der Waals surface area (Å²) in [5, 5.41) is 11.8. The second-order valence-electron chi connectivity index (χ2n) is 8.48. The van der Waals surface area contributed by atoms with Crippen molar-refractivity contribution in [2.75, 3.05) is 17.7 Å². The van der Waals surface area contributed by atoms with Crippen LogP contribution in [0.3, 0.4) is 0 Å². The first kappa shape index (κ1) is 27.2. The fourth-order valence-corrected chi connectivity index (χ4v) is 3.75. The van der Waals surface area contributed by atoms with Crippen LogP contribution in [-0.2, 0) is 17.5 Å². The molecule has 12 nitrogen and oxygen atoms in total. The Morgan fingerprint density at radius 2 is 1.92 bits per heavy atom. The summed E-state index contributed by atoms with van der Waals surface area (Å²) in [6, 6.07) is 5.16. The molecule has 15 heteroatoms. The Kier molecular flexibility index (Phi) is 7.60. The van der Waals surface area contributed by atoms with E-state index in [0.29, 0.717) is 17.1 Å². The molecule has 39 heavy (non-hydrogen) atoms. The molecule has 204 valence electrons. The molecule has 0 aliphatic heterocycles. The number of hydrogen-bond acceptors (Lipinski definition) is 9. The summed E-state index contributed by atoms with van der Waals surface area (Å²) in [4.78, 5) is 42.1. The first-order valence-electron chi connectivity index (χ1n) is 11.6. The van der Waals surface area contributed by atoms with Gasteiger partial charge in [0.05, 0.1) is 18.6 Å². The maximum atomic E-state index is 13.1. The van der Waals surface area contributed by atoms with E-state index in [1.165, 1.54) is 30.0 Å². The maximum Gasteiger partial charge on any atom is 0.433 e. The summed E-state index contributed by atoms with van der Waals surface area (Å²) in [5.74, 6) is 0.00874. The highest BCUT2D eigenvalue weighted by Gasteiger charge is 2.34. The second-order valence-corrected chi connectivity index (χ2v) is 8.48. The van der Waals surface area contributed by atoms with Gasteiger partial charge in [-0.3, -0.25) is 14.6 Å². The van der Waals surface area contributed by atoms with E-state index < -0.39 is 29.7 Å². The molecule has 3 N–H and O–H groups in total. The first-order valence-corrected chi connectivity index (χ1v) is 11.6. The van der Waals surface area contributed by atoms with Gasteiger partial charge >= 0.3 is 6.18 Å². The molecule has 4 aromatic rings. The molecule has 0 aromatic carbocycles. The third-order valence-corrected chi connectivity index (χ3v) is 5.66. The summed E-state index contributed by atoms with van der Waals surface area (Å²) in [7, 11) is 1.59. The van der Waals surface area contributed by atoms with E-state index in [1.54, 1.807) is 33.0 Å². The minimum absolute atomic E-state index is 0.0242. The monoisotopic (exact) mass is 543 g/mol. The van der Waals surface area contributed by atoms with Crippen LogP contribution in [0.4, 0.5) is 24.8 Å². The normalized spacial score (nSPS) is 12.2. The minimum atomic E-state index is -4.57. The van der Waals surface area contributed by atoms with Gasteiger partial charge in [0.25, 0.3) is 5.91 Å². The third kappa shape index (κ3) is 6.02. The zero-order valence-electron chi connectivity index (χ0n) is 21.3. The number of carbonyl (C=O) groups excluding carboxylic acids is 2. The summed E-state index contributed by atoms with van der Waals surface area (Å²) >= 11 is 0. The molecule has 4 heterocycles. The highest BCUT2D eigenvalue weighted by atomic mass is 19.4. The molecule has 0 bridgehead atoms. The summed E-state index contributed by atoms with van der Waals surface area (Å²) in [5.41, 5.74) is -0.248. The molecular weight excluding hydrogens is 519 g/mol. The smallest absolute Gasteiger partial charge is 0.371 e. The highest BCUT2D eigenvalue weighted by Crippen LogP contribution is 2.32. The lowest BCUT2D eigenvalue weighted by Gasteiger charge is -2.17. The van der Waals surface area contributed by atoms with Gasteiger partial charge in [0.1, 0.15) is 17.6 Å². The fraction of sp³-hybridized carbons (Fsp3) is 0.292. The van der Waals surface area contributed by atoms with Crippen molar-refractivity contribution in [1.82, 2.24) is 35.0 Å². The Balaban J connectivity index is 1.51. The van der Waals surface area contributed by atoms with Crippen molar-refractivity contribution >= 4 is 23.5 Å². The SMILES string of the molecule is CNc1ncn([C@@H](C)C(=O)Nc2cccc(-c3cnc(C(F)(F)F)c(C)c3)n2)c1C(=O)NCc1nc(C)no1. The molecule has 1 atom stereocenters. The molecule has 0 aliphatic rings. The zero-order valence-corrected chi connectivity index (χ0v) is 21.3. The lowest BCUT2D eigenvalue weighted by Crippen LogP contribution is -2.30. The Morgan fingerprint density at radius 1 is 1.15 bits per heavy atom. The summed E-state index contributed by atoms with van der Waals surface area (Å²) in [6.45, 7) is 4.51. The Labute approximate surface area is 220 Å². The molecule has 0 radical (unpaired) electrons. The van der Waals surface area contributed by atoms with E-state index >= 15 is 0 Å². The molecule has 0 spiro atoms. The molecule has 0 fully saturated rings. The van der Waals surface area contributed by atoms with Gasteiger partial charge in [-0.2, -0.15) is 18.2 Å². The Morgan fingerprint density at radius 3 is 2.56 bits per heavy atom. The highest BCUT2D eigenvalue weighted by molar-refractivity contribution is 5.99. The standard InChI is InChI=1S/C24H24F3N9O3/c1-12-8-15(9-29-20(12)24(25,26)27)16-6-5-7-17(33-16)34-22(37)13(2)36-11-31-21(28-4)19(36)23(38)30-10-18-32-14(3)35-39-18/h5-9,11,13,28H,10H2,1-4H3,(H,30,38)(H,33,34,37)/t13-/m0/s1. The van der Waals surface area contributed by atoms with Gasteiger partial charge in [-0.1, -0.05) is 11.2 Å². The van der Waals surface area contributed by atoms with Gasteiger partial charge in [0.2, 0.25) is 11.8 Å². The molecule has 2 amide bonds. The fourth-order valence-electron chi connectivity index (χ4n) is 3.75. The predicted molar refractivity (Wildman–Crippen MR) is 133 cm³/mol. The van der Waals surface area contributed by atoms with Crippen molar-refractivity contribution in [2.45, 2.75) is 39.5 Å². The largest absolute Gasteiger partial charge is 0.433 e. The van der Waals surface area contributed by atoms with Gasteiger partial charge in [0, 0.05) is 18.8 Å². The minimum Gasteiger partial charge on any atom is -0.371 e. The molecule has 0 unspecified atom stereocenters. The van der Waals surface area contributed by atoms with Crippen molar-refractivity contribution in [3.63, 3.8) is 0 Å². The van der Waals surface area contributed by atoms with Crippen LogP contribution in [0.5, 0.6) is 0 Å². The van der Waals surface area contributed by atoms with Crippen LogP contribution in [0.1, 0.15) is 46.4 Å². The third-order valence-electron chi connectivity index (χ3n) is 5.66. The number of nitrogens with zero attached hydrogens (tertiary/aromatic N) is 6. The number of carbonyl (C=O) groups is 2. The van der Waals surface area contributed by atoms with Crippen LogP contribution in [0, 0.1) is 13.8 Å². The lowest BCUT2D eigenvalue weighted by molar-refractivity contribution is -0.141. The molecule has 0 aliphatic carbocycles. The quantitative estimate of drug-likeness (QED) is 0.303. The van der Waals surface area contributed by atoms with Crippen molar-refractivity contribution in [2.24, 2.45) is 0 Å². The van der Waals surface area contributed by atoms with Gasteiger partial charge in [-0.15, -0.1) is 0 Å². The zero-order chi connectivity index (χ0) is 28.3. The number of aromatic nitrogens is 6. The van der Waals surface area contributed by atoms with Crippen LogP contribution in [-0.4, -0.2) is 48.5 Å². The number of pyridine rings is 2.